The van der Waals surface area contributed by atoms with Crippen molar-refractivity contribution in [3.05, 3.63) is 203 Å². The van der Waals surface area contributed by atoms with Crippen LogP contribution in [-0.4, -0.2) is 156 Å². The molecule has 3 aliphatic heterocycles. The van der Waals surface area contributed by atoms with Crippen LogP contribution in [-0.2, 0) is 112 Å². The molecule has 1 amide bonds. The molecule has 15 atom stereocenters. The molecule has 0 aliphatic carbocycles. The van der Waals surface area contributed by atoms with Gasteiger partial charge in [0.25, 0.3) is 0 Å². The highest BCUT2D eigenvalue weighted by Gasteiger charge is 2.59. The Labute approximate surface area is 502 Å². The van der Waals surface area contributed by atoms with Gasteiger partial charge in [-0.15, -0.1) is 6.58 Å². The van der Waals surface area contributed by atoms with Crippen LogP contribution in [0.25, 0.3) is 10.4 Å². The molecule has 462 valence electrons. The Morgan fingerprint density at radius 1 is 0.563 bits per heavy atom. The van der Waals surface area contributed by atoms with E-state index in [2.05, 4.69) is 21.9 Å². The van der Waals surface area contributed by atoms with Crippen molar-refractivity contribution in [2.45, 2.75) is 132 Å². The van der Waals surface area contributed by atoms with Crippen molar-refractivity contribution in [3.8, 4) is 0 Å². The molecule has 1 N–H and O–H groups in total. The highest BCUT2D eigenvalue weighted by Crippen LogP contribution is 2.39. The third-order valence-electron chi connectivity index (χ3n) is 14.1. The van der Waals surface area contributed by atoms with Crippen molar-refractivity contribution in [1.29, 1.82) is 0 Å². The SMILES string of the molecule is C=CCO[C@H]1[C@H](OCc2ccccc2)[C@@H](N=[N+]=[N-])[C@H](O[C@H]2[C@H](OCc3ccccc3)[C@@H](OC(=O)c3ccccc3)[C@H](O[C@H]3[C@H](OC(C)=O)[C@@H](NC(=O)OCc4ccccc4)[C@@H](OC)O[C@@H]3COC(C)=O)O[C@H]2C(=O)OC)O[C@@H]1COCc1ccccc1. The van der Waals surface area contributed by atoms with Crippen LogP contribution in [0.15, 0.2) is 169 Å². The number of nitrogens with one attached hydrogen (secondary N) is 1. The smallest absolute Gasteiger partial charge is 0.407 e. The summed E-state index contributed by atoms with van der Waals surface area (Å²) in [5, 5.41) is 6.87. The van der Waals surface area contributed by atoms with E-state index in [9.17, 15) is 29.5 Å². The molecule has 8 rings (SSSR count). The van der Waals surface area contributed by atoms with Crippen LogP contribution in [0.3, 0.4) is 0 Å². The van der Waals surface area contributed by atoms with Crippen molar-refractivity contribution >= 4 is 30.0 Å². The standard InChI is InChI=1S/C63H70N4O20/c1-6-32-76-50-46(37-75-33-41-22-12-7-13-23-41)83-61(49(66-67-64)52(50)78-34-42-24-14-8-15-25-42)86-55-54(79-35-43-26-16-9-17-27-43)57(84-58(70)45-30-20-11-21-31-45)62(87-56(55)59(71)73-4)85-51-47(38-77-39(2)68)82-60(74-5)48(53(51)81-40(3)69)65-63(72)80-36-44-28-18-10-19-29-44/h6-31,46-57,60-62H,1,32-38H2,2-5H3,(H,65,72)/t46-,47-,48-,49-,50-,51-,52-,53-,54+,55+,56-,57-,60+,61+,62-/m1/s1. The summed E-state index contributed by atoms with van der Waals surface area (Å²) in [5.41, 5.74) is 13.3. The van der Waals surface area contributed by atoms with Crippen LogP contribution in [0.2, 0.25) is 0 Å². The van der Waals surface area contributed by atoms with Crippen molar-refractivity contribution in [3.63, 3.8) is 0 Å². The number of alkyl carbamates (subject to hydrolysis) is 1. The number of carbonyl (C=O) groups is 5. The molecule has 3 heterocycles. The zero-order chi connectivity index (χ0) is 61.5. The van der Waals surface area contributed by atoms with Crippen LogP contribution in [0.1, 0.15) is 46.5 Å². The van der Waals surface area contributed by atoms with Crippen molar-refractivity contribution in [1.82, 2.24) is 5.32 Å². The zero-order valence-corrected chi connectivity index (χ0v) is 48.3. The number of azide groups is 1. The number of benzene rings is 5. The van der Waals surface area contributed by atoms with E-state index in [0.29, 0.717) is 11.1 Å². The number of rotatable bonds is 28. The Bertz CT molecular complexity index is 3020. The van der Waals surface area contributed by atoms with Crippen molar-refractivity contribution in [2.24, 2.45) is 5.11 Å². The zero-order valence-electron chi connectivity index (χ0n) is 48.3. The molecular formula is C63H70N4O20. The molecule has 3 fully saturated rings. The minimum absolute atomic E-state index is 0.00239. The number of esters is 4. The van der Waals surface area contributed by atoms with Gasteiger partial charge in [0.2, 0.25) is 0 Å². The fourth-order valence-corrected chi connectivity index (χ4v) is 10.0. The van der Waals surface area contributed by atoms with Gasteiger partial charge >= 0.3 is 30.0 Å². The number of amides is 1. The summed E-state index contributed by atoms with van der Waals surface area (Å²) >= 11 is 0. The largest absolute Gasteiger partial charge is 0.467 e. The fourth-order valence-electron chi connectivity index (χ4n) is 10.0. The average Bonchev–Trinajstić information content (AvgIpc) is 1.30. The lowest BCUT2D eigenvalue weighted by Gasteiger charge is -2.50. The highest BCUT2D eigenvalue weighted by molar-refractivity contribution is 5.89. The maximum absolute atomic E-state index is 14.7. The summed E-state index contributed by atoms with van der Waals surface area (Å²) in [6.07, 6.45) is -19.7. The topological polar surface area (TPSA) is 285 Å². The number of hydrogen-bond donors (Lipinski definition) is 1. The maximum atomic E-state index is 14.7. The van der Waals surface area contributed by atoms with Crippen LogP contribution in [0, 0.1) is 0 Å². The van der Waals surface area contributed by atoms with Gasteiger partial charge in [-0.05, 0) is 39.9 Å². The normalized spacial score (nSPS) is 26.8. The van der Waals surface area contributed by atoms with E-state index < -0.39 is 129 Å². The Hall–Kier alpha value is -8.10. The molecular weight excluding hydrogens is 1130 g/mol. The van der Waals surface area contributed by atoms with Gasteiger partial charge in [0, 0.05) is 25.9 Å². The molecule has 0 spiro atoms. The molecule has 0 radical (unpaired) electrons. The van der Waals surface area contributed by atoms with E-state index in [1.807, 2.05) is 60.7 Å². The predicted molar refractivity (Wildman–Crippen MR) is 305 cm³/mol. The Morgan fingerprint density at radius 2 is 1.10 bits per heavy atom. The summed E-state index contributed by atoms with van der Waals surface area (Å²) < 4.78 is 94.5. The second-order valence-electron chi connectivity index (χ2n) is 20.1. The lowest BCUT2D eigenvalue weighted by atomic mass is 9.94. The lowest BCUT2D eigenvalue weighted by molar-refractivity contribution is -0.366. The van der Waals surface area contributed by atoms with Crippen LogP contribution in [0.5, 0.6) is 0 Å². The monoisotopic (exact) mass is 1200 g/mol. The second kappa shape index (κ2) is 33.1. The lowest BCUT2D eigenvalue weighted by Crippen LogP contribution is -2.70. The summed E-state index contributed by atoms with van der Waals surface area (Å²) in [6, 6.07) is 41.3. The highest BCUT2D eigenvalue weighted by atomic mass is 16.8. The minimum atomic E-state index is -1.98. The van der Waals surface area contributed by atoms with E-state index >= 15 is 0 Å². The average molecular weight is 1200 g/mol. The molecule has 0 unspecified atom stereocenters. The first-order valence-corrected chi connectivity index (χ1v) is 28.0. The van der Waals surface area contributed by atoms with Crippen LogP contribution >= 0.6 is 0 Å². The summed E-state index contributed by atoms with van der Waals surface area (Å²) in [5.74, 6) is -3.64. The first-order chi connectivity index (χ1) is 42.4. The molecule has 87 heavy (non-hydrogen) atoms. The number of hydrogen-bond acceptors (Lipinski definition) is 21. The first kappa shape index (κ1) is 64.9. The molecule has 0 saturated carbocycles. The van der Waals surface area contributed by atoms with Crippen molar-refractivity contribution < 1.29 is 95.0 Å². The van der Waals surface area contributed by atoms with Gasteiger partial charge in [-0.2, -0.15) is 0 Å². The molecule has 24 nitrogen and oxygen atoms in total. The van der Waals surface area contributed by atoms with E-state index in [1.165, 1.54) is 25.3 Å². The summed E-state index contributed by atoms with van der Waals surface area (Å²) in [6.45, 7) is 5.12. The minimum Gasteiger partial charge on any atom is -0.467 e. The third-order valence-corrected chi connectivity index (χ3v) is 14.1. The van der Waals surface area contributed by atoms with Crippen LogP contribution in [0.4, 0.5) is 4.79 Å². The van der Waals surface area contributed by atoms with Crippen LogP contribution < -0.4 is 5.32 Å². The summed E-state index contributed by atoms with van der Waals surface area (Å²) in [4.78, 5) is 72.1. The van der Waals surface area contributed by atoms with Gasteiger partial charge in [-0.1, -0.05) is 151 Å². The van der Waals surface area contributed by atoms with Gasteiger partial charge in [0.1, 0.15) is 68.0 Å². The Balaban J connectivity index is 1.24. The molecule has 0 aromatic heterocycles. The van der Waals surface area contributed by atoms with E-state index in [0.717, 1.165) is 32.1 Å². The predicted octanol–water partition coefficient (Wildman–Crippen LogP) is 7.40. The van der Waals surface area contributed by atoms with Gasteiger partial charge in [0.15, 0.2) is 37.2 Å². The van der Waals surface area contributed by atoms with Gasteiger partial charge in [0.05, 0.1) is 45.7 Å². The quantitative estimate of drug-likeness (QED) is 0.0127. The van der Waals surface area contributed by atoms with Gasteiger partial charge in [-0.3, -0.25) is 9.59 Å². The molecule has 5 aromatic carbocycles. The first-order valence-electron chi connectivity index (χ1n) is 28.0. The van der Waals surface area contributed by atoms with Crippen molar-refractivity contribution in [2.75, 3.05) is 34.0 Å². The molecule has 3 saturated heterocycles. The van der Waals surface area contributed by atoms with E-state index in [-0.39, 0.29) is 45.2 Å². The van der Waals surface area contributed by atoms with Gasteiger partial charge < -0.3 is 76.4 Å². The number of nitrogens with zero attached hydrogens (tertiary/aromatic N) is 3. The number of methoxy groups -OCH3 is 2. The number of carbonyl (C=O) groups excluding carboxylic acids is 5. The molecule has 24 heteroatoms. The number of ether oxygens (including phenoxy) is 15. The molecule has 0 bridgehead atoms. The van der Waals surface area contributed by atoms with E-state index in [4.69, 9.17) is 71.1 Å². The van der Waals surface area contributed by atoms with E-state index in [1.54, 1.807) is 78.9 Å². The second-order valence-corrected chi connectivity index (χ2v) is 20.1. The molecule has 5 aromatic rings. The third kappa shape index (κ3) is 18.2. The Kier molecular flexibility index (Phi) is 24.7. The maximum Gasteiger partial charge on any atom is 0.407 e. The fraction of sp³-hybridized carbons (Fsp3) is 0.413. The Morgan fingerprint density at radius 3 is 1.66 bits per heavy atom. The summed E-state index contributed by atoms with van der Waals surface area (Å²) in [7, 11) is 2.35. The molecule has 3 aliphatic rings. The van der Waals surface area contributed by atoms with Gasteiger partial charge in [-0.25, -0.2) is 14.4 Å².